The van der Waals surface area contributed by atoms with Crippen molar-refractivity contribution >= 4 is 11.9 Å². The van der Waals surface area contributed by atoms with Gasteiger partial charge in [-0.3, -0.25) is 9.59 Å². The summed E-state index contributed by atoms with van der Waals surface area (Å²) < 4.78 is 10.8. The van der Waals surface area contributed by atoms with Crippen LogP contribution in [0.15, 0.2) is 12.2 Å². The lowest BCUT2D eigenvalue weighted by molar-refractivity contribution is -0.160. The average Bonchev–Trinajstić information content (AvgIpc) is 2.96. The highest BCUT2D eigenvalue weighted by atomic mass is 16.6. The van der Waals surface area contributed by atoms with Gasteiger partial charge >= 0.3 is 11.9 Å². The predicted molar refractivity (Wildman–Crippen MR) is 176 cm³/mol. The number of ether oxygens (including phenoxy) is 2. The van der Waals surface area contributed by atoms with Crippen molar-refractivity contribution in [1.29, 1.82) is 0 Å². The molecule has 0 amide bonds. The van der Waals surface area contributed by atoms with E-state index in [-0.39, 0.29) is 24.0 Å². The van der Waals surface area contributed by atoms with Crippen molar-refractivity contribution in [1.82, 2.24) is 0 Å². The quantitative estimate of drug-likeness (QED) is 0.0466. The molecule has 242 valence electrons. The van der Waals surface area contributed by atoms with Gasteiger partial charge < -0.3 is 9.47 Å². The van der Waals surface area contributed by atoms with Crippen LogP contribution in [0.1, 0.15) is 194 Å². The molecule has 41 heavy (non-hydrogen) atoms. The first-order chi connectivity index (χ1) is 20.1. The highest BCUT2D eigenvalue weighted by Crippen LogP contribution is 2.24. The van der Waals surface area contributed by atoms with Gasteiger partial charge in [0, 0.05) is 6.92 Å². The summed E-state index contributed by atoms with van der Waals surface area (Å²) >= 11 is 0. The highest BCUT2D eigenvalue weighted by Gasteiger charge is 2.30. The summed E-state index contributed by atoms with van der Waals surface area (Å²) in [6.07, 6.45) is 37.7. The van der Waals surface area contributed by atoms with Crippen LogP contribution in [-0.2, 0) is 19.1 Å². The number of hydrogen-bond donors (Lipinski definition) is 0. The molecular formula is C37H70O4. The second-order valence-corrected chi connectivity index (χ2v) is 12.3. The largest absolute Gasteiger partial charge is 0.469 e. The Morgan fingerprint density at radius 1 is 0.537 bits per heavy atom. The lowest BCUT2D eigenvalue weighted by atomic mass is 9.91. The Morgan fingerprint density at radius 3 is 1.29 bits per heavy atom. The third kappa shape index (κ3) is 27.3. The van der Waals surface area contributed by atoms with Crippen molar-refractivity contribution in [3.63, 3.8) is 0 Å². The van der Waals surface area contributed by atoms with E-state index in [9.17, 15) is 9.59 Å². The van der Waals surface area contributed by atoms with Crippen molar-refractivity contribution in [2.75, 3.05) is 7.11 Å². The summed E-state index contributed by atoms with van der Waals surface area (Å²) in [5.74, 6) is -0.873. The Balaban J connectivity index is 4.10. The molecule has 0 saturated heterocycles. The maximum absolute atomic E-state index is 12.6. The number of allylic oxidation sites excluding steroid dienone is 2. The Kier molecular flexibility index (Phi) is 30.6. The minimum absolute atomic E-state index is 0.230. The van der Waals surface area contributed by atoms with Crippen molar-refractivity contribution in [3.05, 3.63) is 12.2 Å². The molecule has 0 bridgehead atoms. The number of esters is 2. The minimum Gasteiger partial charge on any atom is -0.469 e. The van der Waals surface area contributed by atoms with E-state index in [0.717, 1.165) is 38.5 Å². The maximum atomic E-state index is 12.6. The van der Waals surface area contributed by atoms with E-state index >= 15 is 0 Å². The molecular weight excluding hydrogens is 508 g/mol. The zero-order chi connectivity index (χ0) is 30.2. The molecule has 0 N–H and O–H groups in total. The molecule has 4 nitrogen and oxygen atoms in total. The van der Waals surface area contributed by atoms with Gasteiger partial charge in [-0.2, -0.15) is 0 Å². The molecule has 0 aromatic carbocycles. The standard InChI is InChI=1S/C37H70O4/c1-5-7-9-11-13-15-17-19-20-21-23-25-27-29-31-33-36(41-34(3)38)35(37(39)40-4)32-30-28-26-24-22-18-16-14-12-10-8-6-2/h19-20,35-36H,5-18,21-33H2,1-4H3/t35-,36-/m0/s1. The van der Waals surface area contributed by atoms with Gasteiger partial charge in [0.1, 0.15) is 6.10 Å². The van der Waals surface area contributed by atoms with Gasteiger partial charge in [-0.05, 0) is 44.9 Å². The Morgan fingerprint density at radius 2 is 0.902 bits per heavy atom. The zero-order valence-electron chi connectivity index (χ0n) is 28.0. The summed E-state index contributed by atoms with van der Waals surface area (Å²) in [7, 11) is 1.45. The number of methoxy groups -OCH3 is 1. The Bertz CT molecular complexity index is 600. The molecule has 0 spiro atoms. The van der Waals surface area contributed by atoms with Crippen molar-refractivity contribution < 1.29 is 19.1 Å². The lowest BCUT2D eigenvalue weighted by Gasteiger charge is -2.25. The van der Waals surface area contributed by atoms with Gasteiger partial charge in [0.25, 0.3) is 0 Å². The smallest absolute Gasteiger partial charge is 0.312 e. The Hall–Kier alpha value is -1.32. The molecule has 0 unspecified atom stereocenters. The van der Waals surface area contributed by atoms with Gasteiger partial charge in [-0.15, -0.1) is 0 Å². The molecule has 4 heteroatoms. The van der Waals surface area contributed by atoms with Crippen LogP contribution in [0.25, 0.3) is 0 Å². The summed E-state index contributed by atoms with van der Waals surface area (Å²) in [5.41, 5.74) is 0. The lowest BCUT2D eigenvalue weighted by Crippen LogP contribution is -2.33. The molecule has 0 fully saturated rings. The average molecular weight is 579 g/mol. The van der Waals surface area contributed by atoms with Gasteiger partial charge in [0.05, 0.1) is 13.0 Å². The number of carbonyl (C=O) groups excluding carboxylic acids is 2. The van der Waals surface area contributed by atoms with Crippen LogP contribution >= 0.6 is 0 Å². The summed E-state index contributed by atoms with van der Waals surface area (Å²) in [6.45, 7) is 5.99. The summed E-state index contributed by atoms with van der Waals surface area (Å²) in [5, 5.41) is 0. The van der Waals surface area contributed by atoms with E-state index in [1.165, 1.54) is 149 Å². The fraction of sp³-hybridized carbons (Fsp3) is 0.892. The molecule has 2 atom stereocenters. The van der Waals surface area contributed by atoms with Crippen molar-refractivity contribution in [2.24, 2.45) is 5.92 Å². The first-order valence-corrected chi connectivity index (χ1v) is 18.0. The van der Waals surface area contributed by atoms with Gasteiger partial charge in [0.15, 0.2) is 0 Å². The second-order valence-electron chi connectivity index (χ2n) is 12.3. The van der Waals surface area contributed by atoms with Gasteiger partial charge in [0.2, 0.25) is 0 Å². The first-order valence-electron chi connectivity index (χ1n) is 18.0. The van der Waals surface area contributed by atoms with Crippen LogP contribution < -0.4 is 0 Å². The van der Waals surface area contributed by atoms with Crippen LogP contribution in [0.3, 0.4) is 0 Å². The fourth-order valence-electron chi connectivity index (χ4n) is 5.78. The highest BCUT2D eigenvalue weighted by molar-refractivity contribution is 5.74. The van der Waals surface area contributed by atoms with Crippen LogP contribution in [0, 0.1) is 5.92 Å². The van der Waals surface area contributed by atoms with E-state index in [1.54, 1.807) is 0 Å². The van der Waals surface area contributed by atoms with E-state index in [1.807, 2.05) is 0 Å². The maximum Gasteiger partial charge on any atom is 0.312 e. The van der Waals surface area contributed by atoms with E-state index in [4.69, 9.17) is 9.47 Å². The van der Waals surface area contributed by atoms with E-state index in [0.29, 0.717) is 0 Å². The molecule has 0 aromatic heterocycles. The Labute approximate surface area is 256 Å². The third-order valence-corrected chi connectivity index (χ3v) is 8.39. The number of unbranched alkanes of at least 4 members (excludes halogenated alkanes) is 22. The molecule has 0 saturated carbocycles. The molecule has 0 aliphatic heterocycles. The van der Waals surface area contributed by atoms with Crippen molar-refractivity contribution in [3.8, 4) is 0 Å². The van der Waals surface area contributed by atoms with E-state index in [2.05, 4.69) is 26.0 Å². The monoisotopic (exact) mass is 579 g/mol. The molecule has 0 aromatic rings. The predicted octanol–water partition coefficient (Wildman–Crippen LogP) is 11.8. The van der Waals surface area contributed by atoms with Crippen LogP contribution in [-0.4, -0.2) is 25.2 Å². The number of carbonyl (C=O) groups is 2. The molecule has 0 radical (unpaired) electrons. The summed E-state index contributed by atoms with van der Waals surface area (Å²) in [4.78, 5) is 24.4. The molecule has 0 aliphatic carbocycles. The second kappa shape index (κ2) is 31.6. The minimum atomic E-state index is -0.363. The fourth-order valence-corrected chi connectivity index (χ4v) is 5.78. The van der Waals surface area contributed by atoms with Gasteiger partial charge in [-0.25, -0.2) is 0 Å². The van der Waals surface area contributed by atoms with E-state index < -0.39 is 0 Å². The topological polar surface area (TPSA) is 52.6 Å². The molecule has 0 heterocycles. The zero-order valence-corrected chi connectivity index (χ0v) is 28.0. The molecule has 0 aliphatic rings. The van der Waals surface area contributed by atoms with Crippen LogP contribution in [0.4, 0.5) is 0 Å². The van der Waals surface area contributed by atoms with Crippen LogP contribution in [0.5, 0.6) is 0 Å². The van der Waals surface area contributed by atoms with Crippen molar-refractivity contribution in [2.45, 2.75) is 200 Å². The third-order valence-electron chi connectivity index (χ3n) is 8.39. The van der Waals surface area contributed by atoms with Crippen LogP contribution in [0.2, 0.25) is 0 Å². The molecule has 0 rings (SSSR count). The number of rotatable bonds is 31. The SMILES string of the molecule is CCCCCCCCC=CCCCCCCC[C@H](OC(C)=O)[C@H](CCCCCCCCCCCCCC)C(=O)OC. The number of hydrogen-bond acceptors (Lipinski definition) is 4. The van der Waals surface area contributed by atoms with Gasteiger partial charge in [-0.1, -0.05) is 154 Å². The normalized spacial score (nSPS) is 13.0. The first kappa shape index (κ1) is 39.7. The summed E-state index contributed by atoms with van der Waals surface area (Å²) in [6, 6.07) is 0.